The van der Waals surface area contributed by atoms with E-state index in [0.29, 0.717) is 6.54 Å². The van der Waals surface area contributed by atoms with Gasteiger partial charge in [0.2, 0.25) is 0 Å². The molecular weight excluding hydrogens is 461 g/mol. The van der Waals surface area contributed by atoms with Crippen LogP contribution in [0.4, 0.5) is 0 Å². The first-order valence-electron chi connectivity index (χ1n) is 9.38. The smallest absolute Gasteiger partial charge is 0.191 e. The van der Waals surface area contributed by atoms with Gasteiger partial charge in [-0.05, 0) is 42.2 Å². The first-order valence-corrected chi connectivity index (χ1v) is 9.38. The second-order valence-corrected chi connectivity index (χ2v) is 7.05. The molecule has 0 amide bonds. The molecule has 0 unspecified atom stereocenters. The third-order valence-corrected chi connectivity index (χ3v) is 5.20. The van der Waals surface area contributed by atoms with Gasteiger partial charge in [-0.25, -0.2) is 4.68 Å². The first-order chi connectivity index (χ1) is 13.3. The highest BCUT2D eigenvalue weighted by molar-refractivity contribution is 14.0. The Kier molecular flexibility index (Phi) is 6.72. The van der Waals surface area contributed by atoms with Gasteiger partial charge in [0.1, 0.15) is 0 Å². The lowest BCUT2D eigenvalue weighted by atomic mass is 9.96. The quantitative estimate of drug-likeness (QED) is 0.315. The molecule has 5 nitrogen and oxygen atoms in total. The van der Waals surface area contributed by atoms with Crippen LogP contribution in [0.2, 0.25) is 0 Å². The van der Waals surface area contributed by atoms with Crippen LogP contribution in [-0.4, -0.2) is 29.3 Å². The number of aromatic nitrogens is 2. The fourth-order valence-corrected chi connectivity index (χ4v) is 3.40. The van der Waals surface area contributed by atoms with Crippen molar-refractivity contribution < 1.29 is 0 Å². The number of rotatable bonds is 6. The monoisotopic (exact) mass is 487 g/mol. The number of aliphatic imine (C=N–C) groups is 1. The van der Waals surface area contributed by atoms with Crippen molar-refractivity contribution in [3.05, 3.63) is 84.2 Å². The van der Waals surface area contributed by atoms with Crippen LogP contribution in [0.3, 0.4) is 0 Å². The van der Waals surface area contributed by atoms with Gasteiger partial charge in [0, 0.05) is 37.9 Å². The summed E-state index contributed by atoms with van der Waals surface area (Å²) >= 11 is 0. The summed E-state index contributed by atoms with van der Waals surface area (Å²) in [7, 11) is 1.82. The molecule has 0 saturated heterocycles. The standard InChI is InChI=1S/C22H25N5.HI/c1-23-21(25-17-22(11-12-22)19-8-3-2-4-9-19)24-16-18-7-5-10-20(15-18)27-14-6-13-26-27;/h2-10,13-15H,11-12,16-17H2,1H3,(H2,23,24,25);1H. The van der Waals surface area contributed by atoms with Crippen molar-refractivity contribution in [2.45, 2.75) is 24.8 Å². The third kappa shape index (κ3) is 4.73. The van der Waals surface area contributed by atoms with Crippen molar-refractivity contribution in [2.24, 2.45) is 4.99 Å². The zero-order chi connectivity index (χ0) is 18.5. The van der Waals surface area contributed by atoms with Crippen molar-refractivity contribution in [2.75, 3.05) is 13.6 Å². The molecule has 146 valence electrons. The van der Waals surface area contributed by atoms with E-state index < -0.39 is 0 Å². The number of nitrogens with zero attached hydrogens (tertiary/aromatic N) is 3. The van der Waals surface area contributed by atoms with Gasteiger partial charge in [-0.15, -0.1) is 24.0 Å². The summed E-state index contributed by atoms with van der Waals surface area (Å²) < 4.78 is 1.87. The minimum Gasteiger partial charge on any atom is -0.356 e. The van der Waals surface area contributed by atoms with Gasteiger partial charge < -0.3 is 10.6 Å². The van der Waals surface area contributed by atoms with Crippen LogP contribution in [0.1, 0.15) is 24.0 Å². The fourth-order valence-electron chi connectivity index (χ4n) is 3.40. The van der Waals surface area contributed by atoms with Gasteiger partial charge in [-0.2, -0.15) is 5.10 Å². The number of guanidine groups is 1. The average Bonchev–Trinajstić information content (AvgIpc) is 3.32. The molecule has 0 atom stereocenters. The summed E-state index contributed by atoms with van der Waals surface area (Å²) in [6.45, 7) is 1.62. The van der Waals surface area contributed by atoms with E-state index in [1.165, 1.54) is 24.0 Å². The highest BCUT2D eigenvalue weighted by Crippen LogP contribution is 2.47. The minimum absolute atomic E-state index is 0. The molecule has 1 saturated carbocycles. The largest absolute Gasteiger partial charge is 0.356 e. The molecule has 2 N–H and O–H groups in total. The zero-order valence-corrected chi connectivity index (χ0v) is 18.3. The molecule has 4 rings (SSSR count). The van der Waals surface area contributed by atoms with Crippen LogP contribution in [0.25, 0.3) is 5.69 Å². The van der Waals surface area contributed by atoms with E-state index >= 15 is 0 Å². The lowest BCUT2D eigenvalue weighted by molar-refractivity contribution is 0.645. The second-order valence-electron chi connectivity index (χ2n) is 7.05. The number of benzene rings is 2. The Balaban J connectivity index is 0.00000225. The molecule has 0 aliphatic heterocycles. The summed E-state index contributed by atoms with van der Waals surface area (Å²) in [5.41, 5.74) is 3.93. The number of nitrogens with one attached hydrogen (secondary N) is 2. The topological polar surface area (TPSA) is 54.2 Å². The van der Waals surface area contributed by atoms with Gasteiger partial charge in [0.15, 0.2) is 5.96 Å². The van der Waals surface area contributed by atoms with E-state index in [-0.39, 0.29) is 29.4 Å². The van der Waals surface area contributed by atoms with Crippen molar-refractivity contribution in [3.8, 4) is 5.69 Å². The lowest BCUT2D eigenvalue weighted by Gasteiger charge is -2.19. The number of hydrogen-bond donors (Lipinski definition) is 2. The van der Waals surface area contributed by atoms with Gasteiger partial charge >= 0.3 is 0 Å². The van der Waals surface area contributed by atoms with Crippen molar-refractivity contribution in [3.63, 3.8) is 0 Å². The van der Waals surface area contributed by atoms with Crippen LogP contribution in [-0.2, 0) is 12.0 Å². The Morgan fingerprint density at radius 3 is 2.57 bits per heavy atom. The van der Waals surface area contributed by atoms with Gasteiger partial charge in [0.05, 0.1) is 5.69 Å². The van der Waals surface area contributed by atoms with Gasteiger partial charge in [-0.1, -0.05) is 42.5 Å². The van der Waals surface area contributed by atoms with Crippen LogP contribution < -0.4 is 10.6 Å². The summed E-state index contributed by atoms with van der Waals surface area (Å²) in [6.07, 6.45) is 6.20. The normalized spacial score (nSPS) is 14.8. The van der Waals surface area contributed by atoms with Gasteiger partial charge in [0.25, 0.3) is 0 Å². The van der Waals surface area contributed by atoms with E-state index in [2.05, 4.69) is 75.3 Å². The minimum atomic E-state index is 0. The molecule has 28 heavy (non-hydrogen) atoms. The number of hydrogen-bond acceptors (Lipinski definition) is 2. The molecular formula is C22H26IN5. The molecule has 1 aromatic heterocycles. The van der Waals surface area contributed by atoms with E-state index in [0.717, 1.165) is 18.2 Å². The summed E-state index contributed by atoms with van der Waals surface area (Å²) in [5, 5.41) is 11.2. The van der Waals surface area contributed by atoms with E-state index in [1.54, 1.807) is 6.20 Å². The predicted molar refractivity (Wildman–Crippen MR) is 125 cm³/mol. The Hall–Kier alpha value is -2.35. The van der Waals surface area contributed by atoms with Crippen LogP contribution in [0, 0.1) is 0 Å². The van der Waals surface area contributed by atoms with E-state index in [4.69, 9.17) is 0 Å². The van der Waals surface area contributed by atoms with Crippen LogP contribution >= 0.6 is 24.0 Å². The lowest BCUT2D eigenvalue weighted by Crippen LogP contribution is -2.40. The van der Waals surface area contributed by atoms with Crippen molar-refractivity contribution in [1.29, 1.82) is 0 Å². The molecule has 2 aromatic carbocycles. The zero-order valence-electron chi connectivity index (χ0n) is 16.0. The SMILES string of the molecule is CN=C(NCc1cccc(-n2cccn2)c1)NCC1(c2ccccc2)CC1.I. The Morgan fingerprint density at radius 2 is 1.89 bits per heavy atom. The molecule has 1 aliphatic rings. The average molecular weight is 487 g/mol. The highest BCUT2D eigenvalue weighted by atomic mass is 127. The van der Waals surface area contributed by atoms with Crippen LogP contribution in [0.5, 0.6) is 0 Å². The third-order valence-electron chi connectivity index (χ3n) is 5.20. The van der Waals surface area contributed by atoms with Crippen molar-refractivity contribution >= 4 is 29.9 Å². The maximum atomic E-state index is 4.38. The Morgan fingerprint density at radius 1 is 1.07 bits per heavy atom. The van der Waals surface area contributed by atoms with E-state index in [1.807, 2.05) is 24.0 Å². The second kappa shape index (κ2) is 9.23. The maximum Gasteiger partial charge on any atom is 0.191 e. The molecule has 6 heteroatoms. The number of halogens is 1. The molecule has 1 fully saturated rings. The molecule has 0 spiro atoms. The van der Waals surface area contributed by atoms with Gasteiger partial charge in [-0.3, -0.25) is 4.99 Å². The molecule has 1 aliphatic carbocycles. The fraction of sp³-hybridized carbons (Fsp3) is 0.273. The highest BCUT2D eigenvalue weighted by Gasteiger charge is 2.43. The molecule has 1 heterocycles. The van der Waals surface area contributed by atoms with Crippen molar-refractivity contribution in [1.82, 2.24) is 20.4 Å². The maximum absolute atomic E-state index is 4.38. The van der Waals surface area contributed by atoms with Crippen LogP contribution in [0.15, 0.2) is 78.0 Å². The molecule has 0 radical (unpaired) electrons. The molecule has 3 aromatic rings. The first kappa shape index (κ1) is 20.4. The predicted octanol–water partition coefficient (Wildman–Crippen LogP) is 3.89. The summed E-state index contributed by atoms with van der Waals surface area (Å²) in [6, 6.07) is 21.1. The molecule has 0 bridgehead atoms. The Bertz CT molecular complexity index is 902. The Labute approximate surface area is 183 Å². The summed E-state index contributed by atoms with van der Waals surface area (Å²) in [4.78, 5) is 4.38. The summed E-state index contributed by atoms with van der Waals surface area (Å²) in [5.74, 6) is 0.835. The van der Waals surface area contributed by atoms with E-state index in [9.17, 15) is 0 Å².